The first kappa shape index (κ1) is 19.4. The lowest BCUT2D eigenvalue weighted by molar-refractivity contribution is -0.140. The Balaban J connectivity index is 1.58. The minimum atomic E-state index is 0.255. The van der Waals surface area contributed by atoms with Crippen molar-refractivity contribution in [1.82, 2.24) is 19.8 Å². The van der Waals surface area contributed by atoms with Gasteiger partial charge in [0, 0.05) is 63.4 Å². The molecule has 6 heteroatoms. The number of hydrogen-bond acceptors (Lipinski definition) is 4. The Bertz CT molecular complexity index is 588. The highest BCUT2D eigenvalue weighted by molar-refractivity contribution is 5.77. The maximum Gasteiger partial charge on any atom is 0.222 e. The van der Waals surface area contributed by atoms with Crippen molar-refractivity contribution in [2.75, 3.05) is 39.9 Å². The summed E-state index contributed by atoms with van der Waals surface area (Å²) in [4.78, 5) is 24.8. The summed E-state index contributed by atoms with van der Waals surface area (Å²) in [6.45, 7) is 7.59. The molecule has 2 saturated heterocycles. The second kappa shape index (κ2) is 9.00. The summed E-state index contributed by atoms with van der Waals surface area (Å²) in [6, 6.07) is 0. The van der Waals surface area contributed by atoms with Crippen molar-refractivity contribution in [3.8, 4) is 0 Å². The van der Waals surface area contributed by atoms with Gasteiger partial charge in [-0.05, 0) is 32.2 Å². The number of rotatable bonds is 8. The molecule has 0 aliphatic carbocycles. The van der Waals surface area contributed by atoms with E-state index in [0.717, 1.165) is 51.4 Å². The standard InChI is InChI=1S/C20H34N4O2/c1-3-4-6-18-21-13-17(22-18)14-23-10-5-8-20(15-23)9-7-19(25)24(16-20)11-12-26-2/h13H,3-12,14-16H2,1-2H3,(H,21,22)/t20-/m1/s1. The highest BCUT2D eigenvalue weighted by Crippen LogP contribution is 2.39. The number of piperidine rings is 2. The minimum Gasteiger partial charge on any atom is -0.383 e. The number of aromatic amines is 1. The quantitative estimate of drug-likeness (QED) is 0.772. The van der Waals surface area contributed by atoms with Crippen LogP contribution in [-0.2, 0) is 22.5 Å². The molecule has 0 saturated carbocycles. The van der Waals surface area contributed by atoms with Crippen LogP contribution in [0.15, 0.2) is 6.20 Å². The van der Waals surface area contributed by atoms with E-state index in [-0.39, 0.29) is 5.41 Å². The summed E-state index contributed by atoms with van der Waals surface area (Å²) in [5.74, 6) is 1.40. The molecule has 1 spiro atoms. The zero-order valence-corrected chi connectivity index (χ0v) is 16.4. The maximum absolute atomic E-state index is 12.2. The molecule has 146 valence electrons. The third-order valence-corrected chi connectivity index (χ3v) is 5.90. The molecule has 1 aromatic rings. The van der Waals surface area contributed by atoms with Gasteiger partial charge in [0.05, 0.1) is 6.61 Å². The third-order valence-electron chi connectivity index (χ3n) is 5.90. The lowest BCUT2D eigenvalue weighted by atomic mass is 9.73. The number of unbranched alkanes of at least 4 members (excludes halogenated alkanes) is 1. The van der Waals surface area contributed by atoms with Crippen molar-refractivity contribution in [1.29, 1.82) is 0 Å². The molecular weight excluding hydrogens is 328 g/mol. The van der Waals surface area contributed by atoms with Crippen LogP contribution in [0.3, 0.4) is 0 Å². The van der Waals surface area contributed by atoms with Gasteiger partial charge in [0.15, 0.2) is 0 Å². The molecule has 3 rings (SSSR count). The van der Waals surface area contributed by atoms with Gasteiger partial charge in [-0.25, -0.2) is 4.98 Å². The van der Waals surface area contributed by atoms with Crippen molar-refractivity contribution < 1.29 is 9.53 Å². The molecule has 26 heavy (non-hydrogen) atoms. The number of aryl methyl sites for hydroxylation is 1. The monoisotopic (exact) mass is 362 g/mol. The Morgan fingerprint density at radius 3 is 3.04 bits per heavy atom. The summed E-state index contributed by atoms with van der Waals surface area (Å²) in [5, 5.41) is 0. The minimum absolute atomic E-state index is 0.255. The molecule has 6 nitrogen and oxygen atoms in total. The molecule has 1 amide bonds. The van der Waals surface area contributed by atoms with E-state index in [9.17, 15) is 4.79 Å². The van der Waals surface area contributed by atoms with Gasteiger partial charge >= 0.3 is 0 Å². The Hall–Kier alpha value is -1.40. The molecule has 0 bridgehead atoms. The fraction of sp³-hybridized carbons (Fsp3) is 0.800. The van der Waals surface area contributed by atoms with Gasteiger partial charge in [-0.3, -0.25) is 9.69 Å². The summed E-state index contributed by atoms with van der Waals surface area (Å²) < 4.78 is 5.18. The topological polar surface area (TPSA) is 61.5 Å². The van der Waals surface area contributed by atoms with Crippen LogP contribution in [-0.4, -0.2) is 65.6 Å². The number of imidazole rings is 1. The van der Waals surface area contributed by atoms with Crippen molar-refractivity contribution in [3.63, 3.8) is 0 Å². The van der Waals surface area contributed by atoms with E-state index in [1.807, 2.05) is 11.1 Å². The van der Waals surface area contributed by atoms with Crippen LogP contribution >= 0.6 is 0 Å². The summed E-state index contributed by atoms with van der Waals surface area (Å²) in [5.41, 5.74) is 1.47. The van der Waals surface area contributed by atoms with E-state index in [0.29, 0.717) is 18.9 Å². The first-order chi connectivity index (χ1) is 12.6. The lowest BCUT2D eigenvalue weighted by Crippen LogP contribution is -2.54. The summed E-state index contributed by atoms with van der Waals surface area (Å²) in [7, 11) is 1.70. The van der Waals surface area contributed by atoms with Gasteiger partial charge in [-0.1, -0.05) is 13.3 Å². The van der Waals surface area contributed by atoms with Crippen LogP contribution in [0.4, 0.5) is 0 Å². The number of ether oxygens (including phenoxy) is 1. The summed E-state index contributed by atoms with van der Waals surface area (Å²) in [6.07, 6.45) is 9.57. The zero-order chi connectivity index (χ0) is 18.4. The molecule has 2 fully saturated rings. The van der Waals surface area contributed by atoms with Crippen molar-refractivity contribution in [3.05, 3.63) is 17.7 Å². The van der Waals surface area contributed by atoms with Gasteiger partial charge in [-0.2, -0.15) is 0 Å². The van der Waals surface area contributed by atoms with Gasteiger partial charge < -0.3 is 14.6 Å². The molecule has 0 radical (unpaired) electrons. The maximum atomic E-state index is 12.2. The predicted molar refractivity (Wildman–Crippen MR) is 102 cm³/mol. The van der Waals surface area contributed by atoms with Crippen LogP contribution in [0.1, 0.15) is 57.0 Å². The fourth-order valence-electron chi connectivity index (χ4n) is 4.48. The average molecular weight is 363 g/mol. The molecule has 1 N–H and O–H groups in total. The number of likely N-dealkylation sites (tertiary alicyclic amines) is 2. The smallest absolute Gasteiger partial charge is 0.222 e. The van der Waals surface area contributed by atoms with E-state index >= 15 is 0 Å². The van der Waals surface area contributed by atoms with Crippen LogP contribution in [0.25, 0.3) is 0 Å². The van der Waals surface area contributed by atoms with E-state index in [1.165, 1.54) is 31.4 Å². The van der Waals surface area contributed by atoms with E-state index < -0.39 is 0 Å². The fourth-order valence-corrected chi connectivity index (χ4v) is 4.48. The Morgan fingerprint density at radius 2 is 2.23 bits per heavy atom. The van der Waals surface area contributed by atoms with E-state index in [4.69, 9.17) is 4.74 Å². The Morgan fingerprint density at radius 1 is 1.35 bits per heavy atom. The third kappa shape index (κ3) is 4.86. The number of methoxy groups -OCH3 is 1. The number of H-pyrrole nitrogens is 1. The van der Waals surface area contributed by atoms with Crippen molar-refractivity contribution in [2.45, 2.75) is 58.4 Å². The normalized spacial score (nSPS) is 24.5. The lowest BCUT2D eigenvalue weighted by Gasteiger charge is -2.48. The van der Waals surface area contributed by atoms with Gasteiger partial charge in [-0.15, -0.1) is 0 Å². The molecule has 1 aromatic heterocycles. The molecule has 0 unspecified atom stereocenters. The van der Waals surface area contributed by atoms with E-state index in [2.05, 4.69) is 21.8 Å². The Kier molecular flexibility index (Phi) is 6.70. The first-order valence-electron chi connectivity index (χ1n) is 10.2. The number of hydrogen-bond donors (Lipinski definition) is 1. The molecule has 3 heterocycles. The molecule has 1 atom stereocenters. The SMILES string of the molecule is CCCCc1ncc(CN2CCC[C@@]3(CCC(=O)N(CCOC)C3)C2)[nH]1. The van der Waals surface area contributed by atoms with Crippen LogP contribution in [0.2, 0.25) is 0 Å². The molecule has 2 aliphatic heterocycles. The largest absolute Gasteiger partial charge is 0.383 e. The molecular formula is C20H34N4O2. The van der Waals surface area contributed by atoms with E-state index in [1.54, 1.807) is 7.11 Å². The highest BCUT2D eigenvalue weighted by Gasteiger charge is 2.41. The van der Waals surface area contributed by atoms with Crippen LogP contribution in [0.5, 0.6) is 0 Å². The average Bonchev–Trinajstić information content (AvgIpc) is 3.08. The number of nitrogens with one attached hydrogen (secondary N) is 1. The Labute approximate surface area is 157 Å². The first-order valence-corrected chi connectivity index (χ1v) is 10.2. The van der Waals surface area contributed by atoms with Crippen molar-refractivity contribution in [2.24, 2.45) is 5.41 Å². The van der Waals surface area contributed by atoms with Gasteiger partial charge in [0.1, 0.15) is 5.82 Å². The highest BCUT2D eigenvalue weighted by atomic mass is 16.5. The number of carbonyl (C=O) groups excluding carboxylic acids is 1. The van der Waals surface area contributed by atoms with Crippen molar-refractivity contribution >= 4 is 5.91 Å². The number of aromatic nitrogens is 2. The molecule has 0 aromatic carbocycles. The van der Waals surface area contributed by atoms with Gasteiger partial charge in [0.2, 0.25) is 5.91 Å². The molecule has 2 aliphatic rings. The predicted octanol–water partition coefficient (Wildman–Crippen LogP) is 2.60. The zero-order valence-electron chi connectivity index (χ0n) is 16.4. The second-order valence-corrected chi connectivity index (χ2v) is 8.08. The summed E-state index contributed by atoms with van der Waals surface area (Å²) >= 11 is 0. The van der Waals surface area contributed by atoms with Crippen LogP contribution < -0.4 is 0 Å². The second-order valence-electron chi connectivity index (χ2n) is 8.08. The number of carbonyl (C=O) groups is 1. The number of nitrogens with zero attached hydrogens (tertiary/aromatic N) is 3. The number of amides is 1. The van der Waals surface area contributed by atoms with Crippen LogP contribution in [0, 0.1) is 5.41 Å². The van der Waals surface area contributed by atoms with Gasteiger partial charge in [0.25, 0.3) is 0 Å².